The predicted octanol–water partition coefficient (Wildman–Crippen LogP) is 1.79. The van der Waals surface area contributed by atoms with Crippen molar-refractivity contribution in [2.75, 3.05) is 52.2 Å². The molecule has 7 heteroatoms. The van der Waals surface area contributed by atoms with E-state index >= 15 is 0 Å². The summed E-state index contributed by atoms with van der Waals surface area (Å²) in [5.41, 5.74) is 0.873. The number of nitrogens with zero attached hydrogens (tertiary/aromatic N) is 4. The van der Waals surface area contributed by atoms with Crippen molar-refractivity contribution in [1.29, 1.82) is 0 Å². The Hall–Kier alpha value is -2.12. The minimum absolute atomic E-state index is 0.243. The van der Waals surface area contributed by atoms with E-state index in [4.69, 9.17) is 9.26 Å². The highest BCUT2D eigenvalue weighted by atomic mass is 16.5. The van der Waals surface area contributed by atoms with Gasteiger partial charge < -0.3 is 19.5 Å². The highest BCUT2D eigenvalue weighted by molar-refractivity contribution is 5.57. The molecule has 1 aliphatic rings. The zero-order valence-corrected chi connectivity index (χ0v) is 14.5. The van der Waals surface area contributed by atoms with Crippen LogP contribution in [0.2, 0.25) is 0 Å². The van der Waals surface area contributed by atoms with E-state index in [9.17, 15) is 0 Å². The molecule has 130 valence electrons. The summed E-state index contributed by atoms with van der Waals surface area (Å²) in [4.78, 5) is 9.24. The zero-order valence-electron chi connectivity index (χ0n) is 14.5. The van der Waals surface area contributed by atoms with Crippen LogP contribution in [-0.2, 0) is 0 Å². The van der Waals surface area contributed by atoms with Crippen molar-refractivity contribution in [1.82, 2.24) is 19.9 Å². The predicted molar refractivity (Wildman–Crippen MR) is 93.3 cm³/mol. The van der Waals surface area contributed by atoms with Gasteiger partial charge in [-0.3, -0.25) is 4.90 Å². The molecule has 1 aromatic carbocycles. The molecule has 7 nitrogen and oxygen atoms in total. The first-order valence-corrected chi connectivity index (χ1v) is 8.29. The van der Waals surface area contributed by atoms with Gasteiger partial charge in [0, 0.05) is 44.3 Å². The van der Waals surface area contributed by atoms with Crippen molar-refractivity contribution < 1.29 is 9.26 Å². The Morgan fingerprint density at radius 1 is 1.29 bits per heavy atom. The average Bonchev–Trinajstić information content (AvgIpc) is 3.05. The first kappa shape index (κ1) is 16.7. The lowest BCUT2D eigenvalue weighted by Gasteiger charge is -2.33. The van der Waals surface area contributed by atoms with Crippen LogP contribution >= 0.6 is 0 Å². The number of hydrogen-bond acceptors (Lipinski definition) is 7. The Bertz CT molecular complexity index is 652. The third-order valence-corrected chi connectivity index (χ3v) is 4.25. The van der Waals surface area contributed by atoms with Gasteiger partial charge in [0.25, 0.3) is 0 Å². The first-order chi connectivity index (χ1) is 11.6. The van der Waals surface area contributed by atoms with Crippen LogP contribution in [0.4, 0.5) is 6.01 Å². The maximum absolute atomic E-state index is 5.33. The first-order valence-electron chi connectivity index (χ1n) is 8.29. The molecule has 24 heavy (non-hydrogen) atoms. The lowest BCUT2D eigenvalue weighted by atomic mass is 10.2. The minimum Gasteiger partial charge on any atom is -0.497 e. The normalized spacial score (nSPS) is 17.6. The average molecular weight is 331 g/mol. The van der Waals surface area contributed by atoms with Crippen molar-refractivity contribution in [2.24, 2.45) is 0 Å². The molecule has 0 aliphatic carbocycles. The molecule has 1 unspecified atom stereocenters. The summed E-state index contributed by atoms with van der Waals surface area (Å²) in [7, 11) is 3.81. The van der Waals surface area contributed by atoms with E-state index in [2.05, 4.69) is 39.2 Å². The van der Waals surface area contributed by atoms with Gasteiger partial charge >= 0.3 is 6.01 Å². The van der Waals surface area contributed by atoms with Crippen LogP contribution in [0.25, 0.3) is 11.4 Å². The van der Waals surface area contributed by atoms with E-state index in [1.165, 1.54) is 0 Å². The second-order valence-electron chi connectivity index (χ2n) is 6.30. The molecule has 0 spiro atoms. The quantitative estimate of drug-likeness (QED) is 0.865. The Kier molecular flexibility index (Phi) is 5.32. The van der Waals surface area contributed by atoms with Gasteiger partial charge in [0.2, 0.25) is 5.82 Å². The summed E-state index contributed by atoms with van der Waals surface area (Å²) in [6, 6.07) is 8.32. The van der Waals surface area contributed by atoms with E-state index in [1.54, 1.807) is 7.11 Å². The maximum atomic E-state index is 5.33. The Balaban J connectivity index is 1.57. The number of piperazine rings is 1. The monoisotopic (exact) mass is 331 g/mol. The lowest BCUT2D eigenvalue weighted by Crippen LogP contribution is -2.47. The highest BCUT2D eigenvalue weighted by Crippen LogP contribution is 2.22. The fourth-order valence-electron chi connectivity index (χ4n) is 2.84. The molecule has 0 amide bonds. The minimum atomic E-state index is 0.243. The highest BCUT2D eigenvalue weighted by Gasteiger charge is 2.17. The van der Waals surface area contributed by atoms with Crippen molar-refractivity contribution in [3.8, 4) is 17.1 Å². The molecule has 2 aromatic rings. The molecule has 2 heterocycles. The van der Waals surface area contributed by atoms with Crippen LogP contribution in [0, 0.1) is 0 Å². The van der Waals surface area contributed by atoms with E-state index in [-0.39, 0.29) is 6.04 Å². The van der Waals surface area contributed by atoms with Crippen molar-refractivity contribution in [2.45, 2.75) is 13.0 Å². The zero-order chi connectivity index (χ0) is 16.9. The molecular weight excluding hydrogens is 306 g/mol. The van der Waals surface area contributed by atoms with E-state index < -0.39 is 0 Å². The van der Waals surface area contributed by atoms with Gasteiger partial charge in [-0.05, 0) is 26.1 Å². The Morgan fingerprint density at radius 2 is 2.08 bits per heavy atom. The molecule has 0 radical (unpaired) electrons. The van der Waals surface area contributed by atoms with Crippen LogP contribution in [0.3, 0.4) is 0 Å². The molecular formula is C17H25N5O2. The summed E-state index contributed by atoms with van der Waals surface area (Å²) in [6.07, 6.45) is 0. The molecule has 1 fully saturated rings. The van der Waals surface area contributed by atoms with Gasteiger partial charge in [0.15, 0.2) is 0 Å². The molecule has 1 aromatic heterocycles. The third-order valence-electron chi connectivity index (χ3n) is 4.25. The molecule has 0 bridgehead atoms. The Morgan fingerprint density at radius 3 is 2.83 bits per heavy atom. The van der Waals surface area contributed by atoms with Crippen molar-refractivity contribution >= 4 is 6.01 Å². The van der Waals surface area contributed by atoms with E-state index in [0.29, 0.717) is 11.8 Å². The number of benzene rings is 1. The topological polar surface area (TPSA) is 66.7 Å². The number of anilines is 1. The van der Waals surface area contributed by atoms with Gasteiger partial charge in [0.05, 0.1) is 7.11 Å². The molecule has 3 rings (SSSR count). The smallest absolute Gasteiger partial charge is 0.322 e. The summed E-state index contributed by atoms with van der Waals surface area (Å²) in [5, 5.41) is 7.34. The van der Waals surface area contributed by atoms with Crippen LogP contribution in [0.5, 0.6) is 5.75 Å². The summed E-state index contributed by atoms with van der Waals surface area (Å²) in [5.74, 6) is 1.33. The number of hydrogen-bond donors (Lipinski definition) is 1. The summed E-state index contributed by atoms with van der Waals surface area (Å²) in [6.45, 7) is 7.53. The summed E-state index contributed by atoms with van der Waals surface area (Å²) >= 11 is 0. The second-order valence-corrected chi connectivity index (χ2v) is 6.30. The standard InChI is InChI=1S/C17H25N5O2/c1-13(12-22-9-7-21(2)8-10-22)18-17-19-16(20-24-17)14-5-4-6-15(11-14)23-3/h4-6,11,13H,7-10,12H2,1-3H3,(H,18,19,20). The fourth-order valence-corrected chi connectivity index (χ4v) is 2.84. The largest absolute Gasteiger partial charge is 0.497 e. The third kappa shape index (κ3) is 4.24. The fraction of sp³-hybridized carbons (Fsp3) is 0.529. The van der Waals surface area contributed by atoms with Crippen molar-refractivity contribution in [3.05, 3.63) is 24.3 Å². The SMILES string of the molecule is COc1cccc(-c2noc(NC(C)CN3CCN(C)CC3)n2)c1. The van der Waals surface area contributed by atoms with E-state index in [1.807, 2.05) is 24.3 Å². The number of aromatic nitrogens is 2. The Labute approximate surface area is 142 Å². The maximum Gasteiger partial charge on any atom is 0.322 e. The van der Waals surface area contributed by atoms with Gasteiger partial charge in [-0.1, -0.05) is 17.3 Å². The van der Waals surface area contributed by atoms with Crippen LogP contribution in [-0.4, -0.2) is 72.9 Å². The number of methoxy groups -OCH3 is 1. The number of rotatable bonds is 6. The summed E-state index contributed by atoms with van der Waals surface area (Å²) < 4.78 is 10.6. The van der Waals surface area contributed by atoms with Gasteiger partial charge in [-0.15, -0.1) is 0 Å². The van der Waals surface area contributed by atoms with Crippen LogP contribution in [0.15, 0.2) is 28.8 Å². The van der Waals surface area contributed by atoms with E-state index in [0.717, 1.165) is 44.0 Å². The number of ether oxygens (including phenoxy) is 1. The van der Waals surface area contributed by atoms with Crippen LogP contribution in [0.1, 0.15) is 6.92 Å². The molecule has 1 aliphatic heterocycles. The second kappa shape index (κ2) is 7.63. The molecule has 1 saturated heterocycles. The molecule has 1 N–H and O–H groups in total. The lowest BCUT2D eigenvalue weighted by molar-refractivity contribution is 0.151. The van der Waals surface area contributed by atoms with Crippen LogP contribution < -0.4 is 10.1 Å². The van der Waals surface area contributed by atoms with Gasteiger partial charge in [-0.25, -0.2) is 0 Å². The van der Waals surface area contributed by atoms with Gasteiger partial charge in [-0.2, -0.15) is 4.98 Å². The number of likely N-dealkylation sites (N-methyl/N-ethyl adjacent to an activating group) is 1. The van der Waals surface area contributed by atoms with Gasteiger partial charge in [0.1, 0.15) is 5.75 Å². The molecule has 0 saturated carbocycles. The number of nitrogens with one attached hydrogen (secondary N) is 1. The van der Waals surface area contributed by atoms with Crippen molar-refractivity contribution in [3.63, 3.8) is 0 Å². The molecule has 1 atom stereocenters.